The van der Waals surface area contributed by atoms with Crippen LogP contribution in [0.5, 0.6) is 0 Å². The second-order valence-electron chi connectivity index (χ2n) is 5.24. The van der Waals surface area contributed by atoms with Gasteiger partial charge in [-0.05, 0) is 58.8 Å². The van der Waals surface area contributed by atoms with Crippen molar-refractivity contribution >= 4 is 39.1 Å². The number of hydrogen-bond acceptors (Lipinski definition) is 1. The number of hydrogen-bond donors (Lipinski definition) is 0. The second-order valence-corrected chi connectivity index (χ2v) is 6.78. The van der Waals surface area contributed by atoms with Gasteiger partial charge in [0.2, 0.25) is 0 Å². The summed E-state index contributed by atoms with van der Waals surface area (Å²) in [5.74, 6) is 1.01. The third-order valence-electron chi connectivity index (χ3n) is 3.64. The lowest BCUT2D eigenvalue weighted by atomic mass is 9.96. The van der Waals surface area contributed by atoms with Crippen molar-refractivity contribution in [2.24, 2.45) is 13.0 Å². The minimum absolute atomic E-state index is 0.379. The summed E-state index contributed by atoms with van der Waals surface area (Å²) in [5.41, 5.74) is 3.58. The monoisotopic (exact) mass is 388 g/mol. The van der Waals surface area contributed by atoms with Gasteiger partial charge < -0.3 is 0 Å². The summed E-state index contributed by atoms with van der Waals surface area (Å²) in [6, 6.07) is 7.99. The van der Waals surface area contributed by atoms with Gasteiger partial charge in [0.15, 0.2) is 0 Å². The molecule has 1 aromatic carbocycles. The van der Waals surface area contributed by atoms with Gasteiger partial charge in [0, 0.05) is 18.0 Å². The fraction of sp³-hybridized carbons (Fsp3) is 0.438. The summed E-state index contributed by atoms with van der Waals surface area (Å²) >= 11 is 15.8. The molecule has 0 bridgehead atoms. The first-order valence-corrected chi connectivity index (χ1v) is 8.76. The highest BCUT2D eigenvalue weighted by Gasteiger charge is 2.17. The molecule has 0 saturated heterocycles. The van der Waals surface area contributed by atoms with Crippen molar-refractivity contribution in [3.8, 4) is 0 Å². The first-order chi connectivity index (χ1) is 10.0. The lowest BCUT2D eigenvalue weighted by Crippen LogP contribution is -2.13. The van der Waals surface area contributed by atoms with Gasteiger partial charge >= 0.3 is 0 Å². The smallest absolute Gasteiger partial charge is 0.0766 e. The number of aromatic nitrogens is 2. The lowest BCUT2D eigenvalue weighted by Gasteiger charge is -2.14. The fourth-order valence-corrected chi connectivity index (χ4v) is 3.57. The number of aryl methyl sites for hydroxylation is 2. The van der Waals surface area contributed by atoms with Gasteiger partial charge in [-0.15, -0.1) is 11.6 Å². The number of alkyl halides is 1. The van der Waals surface area contributed by atoms with Gasteiger partial charge in [0.25, 0.3) is 0 Å². The number of benzene rings is 1. The molecule has 5 heteroatoms. The summed E-state index contributed by atoms with van der Waals surface area (Å²) in [7, 11) is 1.99. The predicted molar refractivity (Wildman–Crippen MR) is 93.4 cm³/mol. The zero-order chi connectivity index (χ0) is 15.4. The zero-order valence-corrected chi connectivity index (χ0v) is 15.3. The van der Waals surface area contributed by atoms with Gasteiger partial charge in [0.1, 0.15) is 0 Å². The average molecular weight is 390 g/mol. The van der Waals surface area contributed by atoms with Crippen LogP contribution in [0.3, 0.4) is 0 Å². The van der Waals surface area contributed by atoms with Crippen LogP contribution in [0.1, 0.15) is 23.9 Å². The summed E-state index contributed by atoms with van der Waals surface area (Å²) < 4.78 is 3.09. The Balaban J connectivity index is 2.12. The minimum atomic E-state index is 0.379. The molecule has 2 rings (SSSR count). The highest BCUT2D eigenvalue weighted by atomic mass is 79.9. The van der Waals surface area contributed by atoms with Crippen molar-refractivity contribution in [1.29, 1.82) is 0 Å². The summed E-state index contributed by atoms with van der Waals surface area (Å²) in [6.07, 6.45) is 2.78. The van der Waals surface area contributed by atoms with E-state index in [9.17, 15) is 0 Å². The van der Waals surface area contributed by atoms with Crippen LogP contribution in [-0.2, 0) is 26.3 Å². The molecule has 0 aliphatic rings. The van der Waals surface area contributed by atoms with Crippen LogP contribution in [0.4, 0.5) is 0 Å². The normalized spacial score (nSPS) is 12.6. The van der Waals surface area contributed by atoms with Crippen LogP contribution >= 0.6 is 39.1 Å². The Hall–Kier alpha value is -0.510. The van der Waals surface area contributed by atoms with Crippen molar-refractivity contribution in [3.05, 3.63) is 50.7 Å². The van der Waals surface area contributed by atoms with Crippen LogP contribution in [0.15, 0.2) is 28.7 Å². The van der Waals surface area contributed by atoms with E-state index < -0.39 is 0 Å². The number of halogens is 3. The molecule has 2 nitrogen and oxygen atoms in total. The van der Waals surface area contributed by atoms with Crippen LogP contribution < -0.4 is 0 Å². The molecule has 21 heavy (non-hydrogen) atoms. The van der Waals surface area contributed by atoms with E-state index in [-0.39, 0.29) is 0 Å². The van der Waals surface area contributed by atoms with Gasteiger partial charge in [0.05, 0.1) is 15.9 Å². The average Bonchev–Trinajstić information content (AvgIpc) is 2.75. The van der Waals surface area contributed by atoms with Crippen molar-refractivity contribution in [2.75, 3.05) is 5.88 Å². The van der Waals surface area contributed by atoms with E-state index in [1.165, 1.54) is 11.3 Å². The molecule has 114 valence electrons. The van der Waals surface area contributed by atoms with Crippen molar-refractivity contribution in [1.82, 2.24) is 9.78 Å². The Bertz CT molecular complexity index is 593. The van der Waals surface area contributed by atoms with Crippen molar-refractivity contribution in [3.63, 3.8) is 0 Å². The van der Waals surface area contributed by atoms with E-state index in [0.717, 1.165) is 34.5 Å². The Kier molecular flexibility index (Phi) is 6.15. The van der Waals surface area contributed by atoms with Gasteiger partial charge in [-0.1, -0.05) is 30.7 Å². The second kappa shape index (κ2) is 7.66. The van der Waals surface area contributed by atoms with Gasteiger partial charge in [-0.3, -0.25) is 4.68 Å². The summed E-state index contributed by atoms with van der Waals surface area (Å²) in [6.45, 7) is 2.11. The molecule has 0 radical (unpaired) electrons. The highest BCUT2D eigenvalue weighted by Crippen LogP contribution is 2.26. The molecule has 0 aliphatic heterocycles. The topological polar surface area (TPSA) is 17.8 Å². The Morgan fingerprint density at radius 3 is 2.43 bits per heavy atom. The maximum absolute atomic E-state index is 6.17. The van der Waals surface area contributed by atoms with Crippen LogP contribution in [-0.4, -0.2) is 15.7 Å². The molecule has 1 heterocycles. The quantitative estimate of drug-likeness (QED) is 0.633. The van der Waals surface area contributed by atoms with Crippen LogP contribution in [0, 0.1) is 5.92 Å². The maximum atomic E-state index is 6.17. The largest absolute Gasteiger partial charge is 0.271 e. The van der Waals surface area contributed by atoms with E-state index in [1.807, 2.05) is 23.9 Å². The highest BCUT2D eigenvalue weighted by molar-refractivity contribution is 9.10. The minimum Gasteiger partial charge on any atom is -0.271 e. The third-order valence-corrected chi connectivity index (χ3v) is 5.24. The SMILES string of the molecule is CCc1nn(C)c(CC(CCl)Cc2ccc(Cl)cc2)c1Br. The van der Waals surface area contributed by atoms with E-state index >= 15 is 0 Å². The molecule has 0 amide bonds. The number of rotatable bonds is 6. The fourth-order valence-electron chi connectivity index (χ4n) is 2.45. The number of nitrogens with zero attached hydrogens (tertiary/aromatic N) is 2. The Labute approximate surface area is 144 Å². The predicted octanol–water partition coefficient (Wildman–Crippen LogP) is 5.04. The molecule has 0 spiro atoms. The third kappa shape index (κ3) is 4.24. The molecule has 1 atom stereocenters. The first-order valence-electron chi connectivity index (χ1n) is 7.05. The molecule has 0 N–H and O–H groups in total. The summed E-state index contributed by atoms with van der Waals surface area (Å²) in [5, 5.41) is 5.31. The van der Waals surface area contributed by atoms with Crippen molar-refractivity contribution < 1.29 is 0 Å². The molecular formula is C16H19BrCl2N2. The molecule has 0 saturated carbocycles. The molecule has 0 fully saturated rings. The standard InChI is InChI=1S/C16H19BrCl2N2/c1-3-14-16(17)15(21(2)20-14)9-12(10-18)8-11-4-6-13(19)7-5-11/h4-7,12H,3,8-10H2,1-2H3. The van der Waals surface area contributed by atoms with Gasteiger partial charge in [-0.25, -0.2) is 0 Å². The lowest BCUT2D eigenvalue weighted by molar-refractivity contribution is 0.550. The van der Waals surface area contributed by atoms with E-state index in [2.05, 4.69) is 40.1 Å². The zero-order valence-electron chi connectivity index (χ0n) is 12.2. The van der Waals surface area contributed by atoms with E-state index in [1.54, 1.807) is 0 Å². The molecule has 0 aliphatic carbocycles. The summed E-state index contributed by atoms with van der Waals surface area (Å²) in [4.78, 5) is 0. The molecule has 1 unspecified atom stereocenters. The molecule has 1 aromatic heterocycles. The molecular weight excluding hydrogens is 371 g/mol. The van der Waals surface area contributed by atoms with E-state index in [0.29, 0.717) is 11.8 Å². The molecule has 2 aromatic rings. The van der Waals surface area contributed by atoms with Crippen LogP contribution in [0.2, 0.25) is 5.02 Å². The van der Waals surface area contributed by atoms with E-state index in [4.69, 9.17) is 23.2 Å². The maximum Gasteiger partial charge on any atom is 0.0766 e. The first kappa shape index (κ1) is 16.9. The Morgan fingerprint density at radius 2 is 1.90 bits per heavy atom. The Morgan fingerprint density at radius 1 is 1.24 bits per heavy atom. The van der Waals surface area contributed by atoms with Crippen molar-refractivity contribution in [2.45, 2.75) is 26.2 Å². The van der Waals surface area contributed by atoms with Crippen LogP contribution in [0.25, 0.3) is 0 Å². The van der Waals surface area contributed by atoms with Gasteiger partial charge in [-0.2, -0.15) is 5.10 Å².